The van der Waals surface area contributed by atoms with Crippen LogP contribution in [0.25, 0.3) is 33.9 Å². The van der Waals surface area contributed by atoms with Crippen LogP contribution in [0, 0.1) is 0 Å². The Morgan fingerprint density at radius 3 is 2.63 bits per heavy atom. The lowest BCUT2D eigenvalue weighted by Crippen LogP contribution is -2.18. The van der Waals surface area contributed by atoms with Crippen LogP contribution in [0.2, 0.25) is 0 Å². The molecule has 212 valence electrons. The highest BCUT2D eigenvalue weighted by Crippen LogP contribution is 2.33. The minimum absolute atomic E-state index is 0.170. The molecule has 0 saturated carbocycles. The number of ether oxygens (including phenoxy) is 2. The number of pyridine rings is 1. The van der Waals surface area contributed by atoms with E-state index in [0.717, 1.165) is 31.0 Å². The first-order valence-corrected chi connectivity index (χ1v) is 13.1. The first kappa shape index (κ1) is 26.7. The Hall–Kier alpha value is -4.52. The molecule has 13 heteroatoms. The molecule has 0 amide bonds. The number of hydrogen-bond acceptors (Lipinski definition) is 8. The molecule has 1 aliphatic heterocycles. The molecule has 5 heterocycles. The molecule has 0 radical (unpaired) electrons. The van der Waals surface area contributed by atoms with E-state index in [1.807, 2.05) is 16.7 Å². The number of halogens is 3. The van der Waals surface area contributed by atoms with Crippen LogP contribution in [0.3, 0.4) is 0 Å². The fourth-order valence-electron chi connectivity index (χ4n) is 4.87. The van der Waals surface area contributed by atoms with E-state index in [0.29, 0.717) is 52.8 Å². The maximum Gasteiger partial charge on any atom is 0.434 e. The summed E-state index contributed by atoms with van der Waals surface area (Å²) in [4.78, 5) is 22.2. The smallest absolute Gasteiger partial charge is 0.434 e. The predicted octanol–water partition coefficient (Wildman–Crippen LogP) is 5.63. The molecule has 1 unspecified atom stereocenters. The van der Waals surface area contributed by atoms with Crippen molar-refractivity contribution >= 4 is 17.0 Å². The van der Waals surface area contributed by atoms with Crippen molar-refractivity contribution in [2.24, 2.45) is 7.05 Å². The van der Waals surface area contributed by atoms with E-state index in [4.69, 9.17) is 19.4 Å². The summed E-state index contributed by atoms with van der Waals surface area (Å²) in [5.41, 5.74) is 2.40. The summed E-state index contributed by atoms with van der Waals surface area (Å²) in [6.07, 6.45) is 4.26. The third-order valence-corrected chi connectivity index (χ3v) is 6.97. The summed E-state index contributed by atoms with van der Waals surface area (Å²) in [6, 6.07) is 8.91. The number of methoxy groups -OCH3 is 1. The number of aryl methyl sites for hydroxylation is 1. The Morgan fingerprint density at radius 1 is 1.10 bits per heavy atom. The predicted molar refractivity (Wildman–Crippen MR) is 145 cm³/mol. The number of fused-ring (bicyclic) bond motifs is 1. The van der Waals surface area contributed by atoms with Gasteiger partial charge in [0.05, 0.1) is 19.0 Å². The fraction of sp³-hybridized carbons (Fsp3) is 0.321. The second kappa shape index (κ2) is 10.8. The highest BCUT2D eigenvalue weighted by atomic mass is 19.4. The zero-order chi connectivity index (χ0) is 28.6. The van der Waals surface area contributed by atoms with Crippen molar-refractivity contribution in [2.75, 3.05) is 19.0 Å². The van der Waals surface area contributed by atoms with Crippen LogP contribution in [0.15, 0.2) is 55.2 Å². The second-order valence-corrected chi connectivity index (χ2v) is 9.73. The summed E-state index contributed by atoms with van der Waals surface area (Å²) in [7, 11) is 3.12. The molecule has 0 bridgehead atoms. The number of nitrogens with one attached hydrogen (secondary N) is 1. The molecule has 6 rings (SSSR count). The number of benzene rings is 1. The highest BCUT2D eigenvalue weighted by Gasteiger charge is 2.34. The van der Waals surface area contributed by atoms with Crippen LogP contribution in [0.4, 0.5) is 19.0 Å². The van der Waals surface area contributed by atoms with Crippen LogP contribution in [-0.2, 0) is 24.5 Å². The second-order valence-electron chi connectivity index (χ2n) is 9.73. The normalized spacial score (nSPS) is 15.8. The van der Waals surface area contributed by atoms with Gasteiger partial charge in [-0.25, -0.2) is 19.9 Å². The van der Waals surface area contributed by atoms with Crippen LogP contribution in [-0.4, -0.2) is 47.8 Å². The van der Waals surface area contributed by atoms with Gasteiger partial charge in [0.15, 0.2) is 28.5 Å². The first-order valence-electron chi connectivity index (χ1n) is 13.1. The Labute approximate surface area is 233 Å². The van der Waals surface area contributed by atoms with E-state index < -0.39 is 11.9 Å². The average Bonchev–Trinajstić information content (AvgIpc) is 3.60. The van der Waals surface area contributed by atoms with Crippen molar-refractivity contribution in [2.45, 2.75) is 38.2 Å². The fourth-order valence-corrected chi connectivity index (χ4v) is 4.87. The molecule has 1 saturated heterocycles. The first-order chi connectivity index (χ1) is 19.8. The maximum atomic E-state index is 13.1. The molecule has 0 aliphatic carbocycles. The lowest BCUT2D eigenvalue weighted by Gasteiger charge is -2.24. The van der Waals surface area contributed by atoms with Gasteiger partial charge in [0, 0.05) is 44.4 Å². The Morgan fingerprint density at radius 2 is 1.93 bits per heavy atom. The molecule has 1 aliphatic rings. The average molecular weight is 565 g/mol. The molecule has 0 spiro atoms. The standard InChI is InChI=1S/C28H27F3N8O2/c1-38-15-21(28(29,30)31)35-26(38)18-8-6-17(7-9-18)13-33-25-23-27(39(16-34-23)22-5-3-4-12-41-22)37-24(36-25)19-14-32-11-10-20(19)40-2/h6-11,14-16,22H,3-5,12-13H2,1-2H3,(H,33,36,37). The molecular weight excluding hydrogens is 537 g/mol. The van der Waals surface area contributed by atoms with Gasteiger partial charge in [-0.1, -0.05) is 24.3 Å². The van der Waals surface area contributed by atoms with Crippen molar-refractivity contribution in [1.82, 2.24) is 34.1 Å². The van der Waals surface area contributed by atoms with Gasteiger partial charge in [-0.3, -0.25) is 9.55 Å². The highest BCUT2D eigenvalue weighted by molar-refractivity contribution is 5.85. The van der Waals surface area contributed by atoms with Crippen molar-refractivity contribution < 1.29 is 22.6 Å². The van der Waals surface area contributed by atoms with Gasteiger partial charge in [0.2, 0.25) is 0 Å². The van der Waals surface area contributed by atoms with Gasteiger partial charge in [-0.2, -0.15) is 13.2 Å². The van der Waals surface area contributed by atoms with Crippen LogP contribution < -0.4 is 10.1 Å². The summed E-state index contributed by atoms with van der Waals surface area (Å²) in [5.74, 6) is 1.77. The van der Waals surface area contributed by atoms with Gasteiger partial charge in [-0.05, 0) is 30.9 Å². The summed E-state index contributed by atoms with van der Waals surface area (Å²) in [5, 5.41) is 3.36. The van der Waals surface area contributed by atoms with E-state index in [9.17, 15) is 13.2 Å². The number of anilines is 1. The number of alkyl halides is 3. The zero-order valence-corrected chi connectivity index (χ0v) is 22.4. The summed E-state index contributed by atoms with van der Waals surface area (Å²) in [6.45, 7) is 1.06. The molecule has 1 N–H and O–H groups in total. The molecule has 1 atom stereocenters. The molecule has 10 nitrogen and oxygen atoms in total. The van der Waals surface area contributed by atoms with Gasteiger partial charge in [-0.15, -0.1) is 0 Å². The molecule has 5 aromatic rings. The summed E-state index contributed by atoms with van der Waals surface area (Å²) < 4.78 is 54.1. The number of aromatic nitrogens is 7. The molecular formula is C28H27F3N8O2. The van der Waals surface area contributed by atoms with E-state index in [1.54, 1.807) is 51.1 Å². The van der Waals surface area contributed by atoms with Gasteiger partial charge >= 0.3 is 6.18 Å². The van der Waals surface area contributed by atoms with Crippen molar-refractivity contribution in [3.8, 4) is 28.5 Å². The third kappa shape index (κ3) is 5.32. The van der Waals surface area contributed by atoms with E-state index in [2.05, 4.69) is 20.3 Å². The lowest BCUT2D eigenvalue weighted by molar-refractivity contribution is -0.140. The Bertz CT molecular complexity index is 1670. The van der Waals surface area contributed by atoms with Crippen molar-refractivity contribution in [3.05, 3.63) is 66.5 Å². The quantitative estimate of drug-likeness (QED) is 0.271. The topological polar surface area (TPSA) is 105 Å². The minimum atomic E-state index is -4.50. The van der Waals surface area contributed by atoms with Crippen LogP contribution in [0.1, 0.15) is 36.7 Å². The van der Waals surface area contributed by atoms with E-state index in [-0.39, 0.29) is 12.1 Å². The van der Waals surface area contributed by atoms with Gasteiger partial charge < -0.3 is 19.4 Å². The minimum Gasteiger partial charge on any atom is -0.496 e. The zero-order valence-electron chi connectivity index (χ0n) is 22.4. The number of nitrogens with zero attached hydrogens (tertiary/aromatic N) is 7. The number of rotatable bonds is 7. The number of hydrogen-bond donors (Lipinski definition) is 1. The molecule has 4 aromatic heterocycles. The van der Waals surface area contributed by atoms with Crippen molar-refractivity contribution in [3.63, 3.8) is 0 Å². The Balaban J connectivity index is 1.31. The van der Waals surface area contributed by atoms with E-state index >= 15 is 0 Å². The van der Waals surface area contributed by atoms with E-state index in [1.165, 1.54) is 4.57 Å². The summed E-state index contributed by atoms with van der Waals surface area (Å²) >= 11 is 0. The SMILES string of the molecule is COc1ccncc1-c1nc(NCc2ccc(-c3nc(C(F)(F)F)cn3C)cc2)c2ncn(C3CCCCO3)c2n1. The van der Waals surface area contributed by atoms with Gasteiger partial charge in [0.25, 0.3) is 0 Å². The van der Waals surface area contributed by atoms with Crippen LogP contribution >= 0.6 is 0 Å². The molecule has 1 fully saturated rings. The van der Waals surface area contributed by atoms with Crippen LogP contribution in [0.5, 0.6) is 5.75 Å². The third-order valence-electron chi connectivity index (χ3n) is 6.97. The Kier molecular flexibility index (Phi) is 7.03. The molecule has 41 heavy (non-hydrogen) atoms. The largest absolute Gasteiger partial charge is 0.496 e. The molecule has 1 aromatic carbocycles. The van der Waals surface area contributed by atoms with Gasteiger partial charge in [0.1, 0.15) is 17.8 Å². The monoisotopic (exact) mass is 564 g/mol. The number of imidazole rings is 2. The maximum absolute atomic E-state index is 13.1. The van der Waals surface area contributed by atoms with Crippen molar-refractivity contribution in [1.29, 1.82) is 0 Å². The lowest BCUT2D eigenvalue weighted by atomic mass is 10.1.